The fourth-order valence-corrected chi connectivity index (χ4v) is 9.71. The average Bonchev–Trinajstić information content (AvgIpc) is 3.02. The van der Waals surface area contributed by atoms with Gasteiger partial charge in [0, 0.05) is 19.3 Å². The SMILES string of the molecule is CC/C=C\C/C=C\C/C=C\C/C=C\C/C=C\C/C=C\CCC(=O)OCC(O)COP(=O)(O)OCC(O)COP(=O)(O)OCC(COC(=O)CCCCCCCC/C=C\C/C=C\C/C=C\CCCCC)OC(=O)CCCCCC/C=C\C/C=C\C/C=C\C/C=C\CC. The van der Waals surface area contributed by atoms with E-state index >= 15 is 0 Å². The van der Waals surface area contributed by atoms with Crippen molar-refractivity contribution in [3.63, 3.8) is 0 Å². The van der Waals surface area contributed by atoms with E-state index in [4.69, 9.17) is 32.3 Å². The number of hydrogen-bond donors (Lipinski definition) is 4. The Labute approximate surface area is 549 Å². The lowest BCUT2D eigenvalue weighted by Crippen LogP contribution is -2.30. The predicted molar refractivity (Wildman–Crippen MR) is 371 cm³/mol. The molecule has 0 radical (unpaired) electrons. The number of allylic oxidation sites excluding steroid dienone is 26. The normalized spacial score (nSPS) is 15.2. The van der Waals surface area contributed by atoms with E-state index < -0.39 is 91.5 Å². The molecule has 0 bridgehead atoms. The summed E-state index contributed by atoms with van der Waals surface area (Å²) in [5, 5.41) is 20.5. The van der Waals surface area contributed by atoms with Gasteiger partial charge >= 0.3 is 33.6 Å². The summed E-state index contributed by atoms with van der Waals surface area (Å²) in [7, 11) is -9.82. The Morgan fingerprint density at radius 3 is 0.989 bits per heavy atom. The minimum absolute atomic E-state index is 0.0542. The van der Waals surface area contributed by atoms with Crippen LogP contribution in [0.2, 0.25) is 0 Å². The Bertz CT molecular complexity index is 2290. The molecule has 516 valence electrons. The monoisotopic (exact) mass is 1310 g/mol. The summed E-state index contributed by atoms with van der Waals surface area (Å²) in [5.41, 5.74) is 0. The van der Waals surface area contributed by atoms with Gasteiger partial charge in [0.25, 0.3) is 0 Å². The quantitative estimate of drug-likeness (QED) is 0.0146. The molecule has 16 nitrogen and oxygen atoms in total. The first-order valence-electron chi connectivity index (χ1n) is 33.8. The zero-order chi connectivity index (χ0) is 66.7. The molecule has 0 spiro atoms. The highest BCUT2D eigenvalue weighted by Gasteiger charge is 2.29. The molecular weight excluding hydrogens is 1190 g/mol. The molecule has 0 amide bonds. The molecule has 0 rings (SSSR count). The van der Waals surface area contributed by atoms with Crippen LogP contribution in [0.5, 0.6) is 0 Å². The zero-order valence-corrected chi connectivity index (χ0v) is 57.5. The van der Waals surface area contributed by atoms with Gasteiger partial charge in [-0.15, -0.1) is 0 Å². The minimum atomic E-state index is -4.95. The van der Waals surface area contributed by atoms with Crippen molar-refractivity contribution in [2.75, 3.05) is 39.6 Å². The molecule has 0 heterocycles. The van der Waals surface area contributed by atoms with Gasteiger partial charge in [0.1, 0.15) is 25.4 Å². The summed E-state index contributed by atoms with van der Waals surface area (Å²) >= 11 is 0. The van der Waals surface area contributed by atoms with Crippen LogP contribution < -0.4 is 0 Å². The van der Waals surface area contributed by atoms with E-state index in [2.05, 4.69) is 161 Å². The van der Waals surface area contributed by atoms with Crippen molar-refractivity contribution in [1.29, 1.82) is 0 Å². The van der Waals surface area contributed by atoms with E-state index in [0.29, 0.717) is 25.7 Å². The molecule has 0 aliphatic heterocycles. The number of carbonyl (C=O) groups excluding carboxylic acids is 3. The van der Waals surface area contributed by atoms with Crippen LogP contribution in [0.15, 0.2) is 158 Å². The first kappa shape index (κ1) is 86.2. The van der Waals surface area contributed by atoms with Crippen molar-refractivity contribution < 1.29 is 75.8 Å². The summed E-state index contributed by atoms with van der Waals surface area (Å²) in [5.74, 6) is -1.71. The Hall–Kier alpha value is -4.83. The Morgan fingerprint density at radius 2 is 0.604 bits per heavy atom. The van der Waals surface area contributed by atoms with Gasteiger partial charge in [0.05, 0.1) is 26.4 Å². The Kier molecular flexibility index (Phi) is 61.8. The maximum Gasteiger partial charge on any atom is 0.472 e. The van der Waals surface area contributed by atoms with Crippen molar-refractivity contribution in [1.82, 2.24) is 0 Å². The zero-order valence-electron chi connectivity index (χ0n) is 55.7. The van der Waals surface area contributed by atoms with Gasteiger partial charge in [-0.3, -0.25) is 32.5 Å². The van der Waals surface area contributed by atoms with Gasteiger partial charge in [-0.25, -0.2) is 9.13 Å². The molecule has 4 N–H and O–H groups in total. The molecule has 0 saturated heterocycles. The number of phosphoric acid groups is 2. The lowest BCUT2D eigenvalue weighted by molar-refractivity contribution is -0.161. The van der Waals surface area contributed by atoms with Gasteiger partial charge in [0.2, 0.25) is 0 Å². The summed E-state index contributed by atoms with van der Waals surface area (Å²) < 4.78 is 60.8. The summed E-state index contributed by atoms with van der Waals surface area (Å²) in [4.78, 5) is 58.4. The smallest absolute Gasteiger partial charge is 0.463 e. The number of unbranched alkanes of at least 4 members (excludes halogenated alkanes) is 13. The predicted octanol–water partition coefficient (Wildman–Crippen LogP) is 18.7. The Morgan fingerprint density at radius 1 is 0.319 bits per heavy atom. The standard InChI is InChI=1S/C73H118O16P2/c1-4-7-10-13-16-19-22-25-28-31-33-36-38-41-44-47-50-53-56-59-71(76)83-62-68(74)63-85-90(79,80)86-64-69(75)65-87-91(81,82)88-67-70(89-73(78)61-58-55-52-49-46-43-40-35-30-27-24-21-18-15-12-9-6-3)66-84-72(77)60-57-54-51-48-45-42-39-37-34-32-29-26-23-20-17-14-11-8-5-2/h7,9-10,12,16-21,25-30,33-34,36-37,40-41,43-44,50,53,68-70,74-75H,4-6,8,11,13-15,22-24,31-32,35,38-39,42,45-49,51-52,54-67H2,1-3H3,(H,79,80)(H,81,82)/b10-7-,12-9-,19-16-,20-17-,21-18-,28-25-,29-26-,30-27-,36-33-,37-34-,43-40-,44-41-,53-50-. The van der Waals surface area contributed by atoms with E-state index in [-0.39, 0.29) is 19.3 Å². The van der Waals surface area contributed by atoms with E-state index in [1.807, 2.05) is 18.2 Å². The van der Waals surface area contributed by atoms with Crippen LogP contribution in [-0.2, 0) is 55.8 Å². The number of aliphatic hydroxyl groups excluding tert-OH is 2. The van der Waals surface area contributed by atoms with Crippen LogP contribution >= 0.6 is 15.6 Å². The first-order chi connectivity index (χ1) is 44.2. The van der Waals surface area contributed by atoms with E-state index in [0.717, 1.165) is 141 Å². The second kappa shape index (κ2) is 65.2. The van der Waals surface area contributed by atoms with Crippen molar-refractivity contribution in [3.05, 3.63) is 158 Å². The number of ether oxygens (including phenoxy) is 3. The highest BCUT2D eigenvalue weighted by atomic mass is 31.2. The molecule has 0 aromatic carbocycles. The molecule has 91 heavy (non-hydrogen) atoms. The van der Waals surface area contributed by atoms with Crippen molar-refractivity contribution in [3.8, 4) is 0 Å². The van der Waals surface area contributed by atoms with Crippen LogP contribution in [-0.4, -0.2) is 95.9 Å². The third-order valence-electron chi connectivity index (χ3n) is 13.2. The number of carbonyl (C=O) groups is 3. The molecule has 0 fully saturated rings. The largest absolute Gasteiger partial charge is 0.472 e. The van der Waals surface area contributed by atoms with Crippen LogP contribution in [0.25, 0.3) is 0 Å². The van der Waals surface area contributed by atoms with Crippen molar-refractivity contribution in [2.45, 2.75) is 245 Å². The summed E-state index contributed by atoms with van der Waals surface area (Å²) in [6, 6.07) is 0. The second-order valence-corrected chi connectivity index (χ2v) is 24.8. The van der Waals surface area contributed by atoms with Crippen molar-refractivity contribution in [2.24, 2.45) is 0 Å². The molecule has 18 heteroatoms. The van der Waals surface area contributed by atoms with Crippen molar-refractivity contribution >= 4 is 33.6 Å². The highest BCUT2D eigenvalue weighted by molar-refractivity contribution is 7.47. The third kappa shape index (κ3) is 66.4. The average molecular weight is 1310 g/mol. The van der Waals surface area contributed by atoms with E-state index in [9.17, 15) is 43.5 Å². The number of esters is 3. The van der Waals surface area contributed by atoms with Gasteiger partial charge in [-0.1, -0.05) is 230 Å². The third-order valence-corrected chi connectivity index (χ3v) is 15.1. The topological polar surface area (TPSA) is 231 Å². The molecule has 5 unspecified atom stereocenters. The minimum Gasteiger partial charge on any atom is -0.463 e. The molecular formula is C73H118O16P2. The lowest BCUT2D eigenvalue weighted by Gasteiger charge is -2.21. The molecule has 0 aromatic rings. The number of aliphatic hydroxyl groups is 2. The molecule has 0 aliphatic rings. The molecule has 0 aromatic heterocycles. The van der Waals surface area contributed by atoms with Crippen LogP contribution in [0.1, 0.15) is 226 Å². The molecule has 0 aliphatic carbocycles. The first-order valence-corrected chi connectivity index (χ1v) is 36.8. The van der Waals surface area contributed by atoms with E-state index in [1.165, 1.54) is 19.3 Å². The van der Waals surface area contributed by atoms with Gasteiger partial charge in [-0.05, 0) is 135 Å². The maximum atomic E-state index is 12.9. The Balaban J connectivity index is 4.83. The number of phosphoric ester groups is 2. The lowest BCUT2D eigenvalue weighted by atomic mass is 10.1. The summed E-state index contributed by atoms with van der Waals surface area (Å²) in [6.07, 6.45) is 78.8. The van der Waals surface area contributed by atoms with Crippen LogP contribution in [0, 0.1) is 0 Å². The maximum absolute atomic E-state index is 12.9. The number of rotatable bonds is 62. The molecule has 5 atom stereocenters. The highest BCUT2D eigenvalue weighted by Crippen LogP contribution is 2.45. The van der Waals surface area contributed by atoms with Crippen LogP contribution in [0.3, 0.4) is 0 Å². The van der Waals surface area contributed by atoms with Gasteiger partial charge < -0.3 is 34.2 Å². The van der Waals surface area contributed by atoms with Gasteiger partial charge in [-0.2, -0.15) is 0 Å². The van der Waals surface area contributed by atoms with E-state index in [1.54, 1.807) is 0 Å². The summed E-state index contributed by atoms with van der Waals surface area (Å²) in [6.45, 7) is 2.24. The van der Waals surface area contributed by atoms with Crippen LogP contribution in [0.4, 0.5) is 0 Å². The molecule has 0 saturated carbocycles. The fraction of sp³-hybridized carbons (Fsp3) is 0.603. The second-order valence-electron chi connectivity index (χ2n) is 21.9. The van der Waals surface area contributed by atoms with Gasteiger partial charge in [0.15, 0.2) is 6.10 Å². The fourth-order valence-electron chi connectivity index (χ4n) is 8.12. The number of hydrogen-bond acceptors (Lipinski definition) is 14.